The molecule has 10 nitrogen and oxygen atoms in total. The Balaban J connectivity index is 1.67. The van der Waals surface area contributed by atoms with Crippen LogP contribution in [-0.4, -0.2) is 44.2 Å². The van der Waals surface area contributed by atoms with Crippen LogP contribution in [0.5, 0.6) is 5.75 Å². The molecule has 4 rings (SSSR count). The molecule has 3 heterocycles. The summed E-state index contributed by atoms with van der Waals surface area (Å²) in [5.74, 6) is 0.958. The lowest BCUT2D eigenvalue weighted by atomic mass is 10.3. The molecule has 3 N–H and O–H groups in total. The number of H-pyrrole nitrogens is 1. The number of hydrogen-bond acceptors (Lipinski definition) is 8. The Labute approximate surface area is 192 Å². The zero-order valence-electron chi connectivity index (χ0n) is 17.4. The number of sulfonamides is 1. The van der Waals surface area contributed by atoms with E-state index in [1.807, 2.05) is 19.9 Å². The minimum absolute atomic E-state index is 0.0454. The second-order valence-corrected chi connectivity index (χ2v) is 10.6. The highest BCUT2D eigenvalue weighted by Gasteiger charge is 2.33. The summed E-state index contributed by atoms with van der Waals surface area (Å²) in [6.07, 6.45) is 1.50. The summed E-state index contributed by atoms with van der Waals surface area (Å²) < 4.78 is 51.4. The van der Waals surface area contributed by atoms with Gasteiger partial charge in [0.2, 0.25) is 21.3 Å². The molecule has 1 unspecified atom stereocenters. The first kappa shape index (κ1) is 22.8. The van der Waals surface area contributed by atoms with Gasteiger partial charge in [-0.05, 0) is 50.5 Å². The molecule has 13 heteroatoms. The average Bonchev–Trinajstić information content (AvgIpc) is 3.44. The molecule has 1 aromatic carbocycles. The molecule has 0 amide bonds. The van der Waals surface area contributed by atoms with Gasteiger partial charge >= 0.3 is 0 Å². The Morgan fingerprint density at radius 1 is 1.38 bits per heavy atom. The van der Waals surface area contributed by atoms with Gasteiger partial charge in [0.15, 0.2) is 16.9 Å². The lowest BCUT2D eigenvalue weighted by molar-refractivity contribution is 0.445. The lowest BCUT2D eigenvalue weighted by Crippen LogP contribution is -2.28. The number of aryl methyl sites for hydroxylation is 2. The predicted molar refractivity (Wildman–Crippen MR) is 119 cm³/mol. The maximum absolute atomic E-state index is 13.0. The van der Waals surface area contributed by atoms with E-state index in [-0.39, 0.29) is 33.5 Å². The van der Waals surface area contributed by atoms with Crippen molar-refractivity contribution in [3.05, 3.63) is 45.8 Å². The first-order valence-corrected chi connectivity index (χ1v) is 12.8. The maximum Gasteiger partial charge on any atom is 0.248 e. The number of rotatable bonds is 6. The number of phenolic OH excluding ortho intramolecular Hbond substituents is 1. The van der Waals surface area contributed by atoms with Crippen LogP contribution in [0.15, 0.2) is 32.5 Å². The number of hydrogen-bond donors (Lipinski definition) is 3. The highest BCUT2D eigenvalue weighted by Crippen LogP contribution is 2.40. The normalized spacial score (nSPS) is 16.1. The zero-order valence-corrected chi connectivity index (χ0v) is 19.8. The summed E-state index contributed by atoms with van der Waals surface area (Å²) in [4.78, 5) is 3.97. The van der Waals surface area contributed by atoms with E-state index in [4.69, 9.17) is 16.0 Å². The summed E-state index contributed by atoms with van der Waals surface area (Å²) >= 11 is 4.38. The quantitative estimate of drug-likeness (QED) is 0.348. The number of aromatic amines is 1. The predicted octanol–water partition coefficient (Wildman–Crippen LogP) is 3.34. The number of nitrogens with zero attached hydrogens (tertiary/aromatic N) is 3. The first-order valence-electron chi connectivity index (χ1n) is 9.83. The van der Waals surface area contributed by atoms with Crippen molar-refractivity contribution in [2.24, 2.45) is 4.99 Å². The minimum Gasteiger partial charge on any atom is -0.548 e. The molecule has 172 valence electrons. The Morgan fingerprint density at radius 2 is 2.09 bits per heavy atom. The SMILES string of the molecule is Cc1cc(CN=c2[nH][s+]([O-])nc2Nc2ccc(Cl)c(S(=O)(=O)N3CCCC3)c2O)oc1C. The van der Waals surface area contributed by atoms with Gasteiger partial charge in [-0.3, -0.25) is 4.99 Å². The number of phenols is 1. The molecular weight excluding hydrogens is 478 g/mol. The standard InChI is InChI=1S/C19H22ClN5O5S2/c1-11-9-13(30-12(11)2)10-21-18-19(24-31(27)23-18)22-15-6-5-14(20)17(16(15)26)32(28,29)25-7-3-4-8-25/h5-6,9,26H,3-4,7-8,10H2,1-2H3,(H,21,23)(H,22,24). The van der Waals surface area contributed by atoms with E-state index in [1.54, 1.807) is 0 Å². The van der Waals surface area contributed by atoms with E-state index in [0.29, 0.717) is 18.8 Å². The molecule has 32 heavy (non-hydrogen) atoms. The zero-order chi connectivity index (χ0) is 23.0. The summed E-state index contributed by atoms with van der Waals surface area (Å²) in [6, 6.07) is 4.65. The van der Waals surface area contributed by atoms with Crippen molar-refractivity contribution in [3.8, 4) is 5.75 Å². The molecule has 0 aliphatic carbocycles. The third-order valence-electron chi connectivity index (χ3n) is 5.19. The second-order valence-electron chi connectivity index (χ2n) is 7.42. The van der Waals surface area contributed by atoms with E-state index >= 15 is 0 Å². The maximum atomic E-state index is 13.0. The van der Waals surface area contributed by atoms with Gasteiger partial charge in [-0.15, -0.1) is 4.37 Å². The number of nitrogens with one attached hydrogen (secondary N) is 2. The van der Waals surface area contributed by atoms with Crippen molar-refractivity contribution in [1.82, 2.24) is 13.1 Å². The third-order valence-corrected chi connectivity index (χ3v) is 8.31. The molecule has 1 aliphatic rings. The second kappa shape index (κ2) is 8.87. The van der Waals surface area contributed by atoms with Crippen LogP contribution in [0.25, 0.3) is 0 Å². The van der Waals surface area contributed by atoms with E-state index in [0.717, 1.165) is 24.2 Å². The fourth-order valence-electron chi connectivity index (χ4n) is 3.43. The van der Waals surface area contributed by atoms with Crippen LogP contribution >= 0.6 is 22.7 Å². The molecular formula is C19H22ClN5O5S2. The van der Waals surface area contributed by atoms with Crippen LogP contribution in [0.3, 0.4) is 0 Å². The summed E-state index contributed by atoms with van der Waals surface area (Å²) in [5.41, 5.74) is 1.23. The van der Waals surface area contributed by atoms with E-state index in [1.165, 1.54) is 16.4 Å². The van der Waals surface area contributed by atoms with Crippen LogP contribution in [0.4, 0.5) is 11.5 Å². The number of anilines is 2. The number of furan rings is 1. The third kappa shape index (κ3) is 4.41. The van der Waals surface area contributed by atoms with Crippen molar-refractivity contribution in [2.75, 3.05) is 18.4 Å². The van der Waals surface area contributed by atoms with Gasteiger partial charge in [-0.25, -0.2) is 8.42 Å². The number of aromatic hydroxyl groups is 1. The molecule has 0 spiro atoms. The monoisotopic (exact) mass is 499 g/mol. The van der Waals surface area contributed by atoms with Crippen molar-refractivity contribution < 1.29 is 22.5 Å². The Morgan fingerprint density at radius 3 is 2.75 bits per heavy atom. The number of aromatic nitrogens is 2. The van der Waals surface area contributed by atoms with Gasteiger partial charge < -0.3 is 19.4 Å². The molecule has 0 radical (unpaired) electrons. The summed E-state index contributed by atoms with van der Waals surface area (Å²) in [7, 11) is -3.98. The summed E-state index contributed by atoms with van der Waals surface area (Å²) in [6.45, 7) is 4.68. The molecule has 1 fully saturated rings. The molecule has 2 aromatic heterocycles. The van der Waals surface area contributed by atoms with Crippen LogP contribution in [0.1, 0.15) is 29.9 Å². The van der Waals surface area contributed by atoms with Gasteiger partial charge in [-0.2, -0.15) is 4.31 Å². The van der Waals surface area contributed by atoms with Gasteiger partial charge in [0.05, 0.1) is 17.3 Å². The number of halogens is 1. The van der Waals surface area contributed by atoms with Crippen molar-refractivity contribution >= 4 is 44.3 Å². The van der Waals surface area contributed by atoms with Crippen LogP contribution in [0, 0.1) is 13.8 Å². The van der Waals surface area contributed by atoms with E-state index in [9.17, 15) is 18.1 Å². The fraction of sp³-hybridized carbons (Fsp3) is 0.368. The molecule has 1 saturated heterocycles. The van der Waals surface area contributed by atoms with Crippen LogP contribution < -0.4 is 10.8 Å². The van der Waals surface area contributed by atoms with Crippen LogP contribution in [-0.2, 0) is 16.6 Å². The van der Waals surface area contributed by atoms with Crippen molar-refractivity contribution in [3.63, 3.8) is 0 Å². The van der Waals surface area contributed by atoms with Gasteiger partial charge in [-0.1, -0.05) is 11.6 Å². The Hall–Kier alpha value is -2.38. The minimum atomic E-state index is -3.98. The van der Waals surface area contributed by atoms with Gasteiger partial charge in [0.1, 0.15) is 16.4 Å². The number of benzene rings is 1. The highest BCUT2D eigenvalue weighted by molar-refractivity contribution is 7.89. The van der Waals surface area contributed by atoms with E-state index < -0.39 is 26.9 Å². The Kier molecular flexibility index (Phi) is 6.32. The van der Waals surface area contributed by atoms with Gasteiger partial charge in [0.25, 0.3) is 0 Å². The topological polar surface area (TPSA) is 147 Å². The molecule has 0 saturated carbocycles. The fourth-order valence-corrected chi connectivity index (χ4v) is 6.21. The largest absolute Gasteiger partial charge is 0.548 e. The molecule has 1 atom stereocenters. The first-order chi connectivity index (χ1) is 15.2. The average molecular weight is 500 g/mol. The Bertz CT molecular complexity index is 1300. The molecule has 3 aromatic rings. The molecule has 1 aliphatic heterocycles. The van der Waals surface area contributed by atoms with Crippen LogP contribution in [0.2, 0.25) is 5.02 Å². The van der Waals surface area contributed by atoms with Crippen molar-refractivity contribution in [2.45, 2.75) is 38.1 Å². The van der Waals surface area contributed by atoms with Crippen molar-refractivity contribution in [1.29, 1.82) is 0 Å². The molecule has 0 bridgehead atoms. The van der Waals surface area contributed by atoms with Gasteiger partial charge in [0, 0.05) is 17.5 Å². The van der Waals surface area contributed by atoms with E-state index in [2.05, 4.69) is 19.1 Å². The highest BCUT2D eigenvalue weighted by atomic mass is 35.5. The smallest absolute Gasteiger partial charge is 0.248 e. The lowest BCUT2D eigenvalue weighted by Gasteiger charge is -2.18. The summed E-state index contributed by atoms with van der Waals surface area (Å²) in [5, 5.41) is 13.5.